The number of carbonyl (C=O) groups is 2. The summed E-state index contributed by atoms with van der Waals surface area (Å²) in [6.07, 6.45) is 1.25. The van der Waals surface area contributed by atoms with Gasteiger partial charge in [-0.15, -0.1) is 5.10 Å². The Morgan fingerprint density at radius 2 is 1.79 bits per heavy atom. The second-order valence-electron chi connectivity index (χ2n) is 7.07. The molecule has 1 fully saturated rings. The fourth-order valence-electron chi connectivity index (χ4n) is 3.50. The molecule has 150 valence electrons. The monoisotopic (exact) mass is 428 g/mol. The van der Waals surface area contributed by atoms with Gasteiger partial charge in [0.15, 0.2) is 0 Å². The van der Waals surface area contributed by atoms with Gasteiger partial charge in [0.05, 0.1) is 10.2 Å². The predicted octanol–water partition coefficient (Wildman–Crippen LogP) is 3.38. The maximum absolute atomic E-state index is 12.6. The van der Waals surface area contributed by atoms with Crippen molar-refractivity contribution in [2.45, 2.75) is 12.8 Å². The number of aromatic nitrogens is 1. The van der Waals surface area contributed by atoms with Crippen molar-refractivity contribution in [2.75, 3.05) is 13.1 Å². The Balaban J connectivity index is 1.37. The summed E-state index contributed by atoms with van der Waals surface area (Å²) >= 11 is 7.42. The van der Waals surface area contributed by atoms with Crippen LogP contribution in [0.5, 0.6) is 0 Å². The van der Waals surface area contributed by atoms with Crippen LogP contribution in [-0.4, -0.2) is 34.4 Å². The van der Waals surface area contributed by atoms with Crippen molar-refractivity contribution in [1.82, 2.24) is 14.9 Å². The van der Waals surface area contributed by atoms with Crippen molar-refractivity contribution < 1.29 is 9.59 Å². The highest BCUT2D eigenvalue weighted by molar-refractivity contribution is 7.16. The molecule has 1 saturated heterocycles. The number of carbonyl (C=O) groups excluding carboxylic acids is 2. The molecule has 3 aromatic rings. The molecule has 0 bridgehead atoms. The quantitative estimate of drug-likeness (QED) is 0.650. The Hall–Kier alpha value is -2.64. The van der Waals surface area contributed by atoms with E-state index in [1.54, 1.807) is 29.2 Å². The van der Waals surface area contributed by atoms with Crippen molar-refractivity contribution in [3.8, 4) is 0 Å². The molecule has 1 aliphatic heterocycles. The van der Waals surface area contributed by atoms with E-state index in [-0.39, 0.29) is 17.7 Å². The smallest absolute Gasteiger partial charge is 0.253 e. The van der Waals surface area contributed by atoms with Crippen LogP contribution in [0, 0.1) is 5.92 Å². The third-order valence-corrected chi connectivity index (χ3v) is 6.59. The van der Waals surface area contributed by atoms with Gasteiger partial charge in [0.1, 0.15) is 0 Å². The molecule has 0 radical (unpaired) electrons. The molecule has 0 spiro atoms. The lowest BCUT2D eigenvalue weighted by Crippen LogP contribution is -2.42. The molecule has 6 nitrogen and oxygen atoms in total. The number of nitrogens with one attached hydrogen (secondary N) is 1. The van der Waals surface area contributed by atoms with Crippen LogP contribution in [0.4, 0.5) is 0 Å². The topological polar surface area (TPSA) is 66.7 Å². The number of thiazole rings is 1. The molecule has 1 N–H and O–H groups in total. The number of halogens is 1. The van der Waals surface area contributed by atoms with Crippen LogP contribution in [-0.2, 0) is 11.8 Å². The number of para-hydroxylation sites is 1. The van der Waals surface area contributed by atoms with E-state index in [0.29, 0.717) is 36.5 Å². The van der Waals surface area contributed by atoms with Gasteiger partial charge in [-0.05, 0) is 49.2 Å². The minimum absolute atomic E-state index is 0.0255. The molecule has 0 atom stereocenters. The molecular formula is C21H21ClN4O2S. The molecule has 8 heteroatoms. The number of piperidine rings is 1. The molecule has 2 amide bonds. The highest BCUT2D eigenvalue weighted by Gasteiger charge is 2.27. The van der Waals surface area contributed by atoms with Crippen LogP contribution in [0.1, 0.15) is 23.2 Å². The third kappa shape index (κ3) is 4.21. The van der Waals surface area contributed by atoms with Crippen molar-refractivity contribution in [3.05, 3.63) is 63.9 Å². The van der Waals surface area contributed by atoms with Crippen LogP contribution in [0.2, 0.25) is 5.02 Å². The summed E-state index contributed by atoms with van der Waals surface area (Å²) in [5.41, 5.74) is 4.41. The number of benzene rings is 2. The Labute approximate surface area is 177 Å². The third-order valence-electron chi connectivity index (χ3n) is 5.22. The minimum atomic E-state index is -0.146. The molecule has 1 aliphatic rings. The lowest BCUT2D eigenvalue weighted by molar-refractivity contribution is -0.126. The number of fused-ring (bicyclic) bond motifs is 1. The average molecular weight is 429 g/mol. The normalized spacial score (nSPS) is 15.7. The Kier molecular flexibility index (Phi) is 5.69. The number of amides is 2. The maximum Gasteiger partial charge on any atom is 0.253 e. The number of rotatable bonds is 3. The fraction of sp³-hybridized carbons (Fsp3) is 0.286. The van der Waals surface area contributed by atoms with Gasteiger partial charge in [0.25, 0.3) is 5.91 Å². The molecule has 2 aromatic carbocycles. The molecule has 2 heterocycles. The second-order valence-corrected chi connectivity index (χ2v) is 8.52. The summed E-state index contributed by atoms with van der Waals surface area (Å²) in [6, 6.07) is 14.9. The first kappa shape index (κ1) is 19.7. The van der Waals surface area contributed by atoms with Crippen LogP contribution in [0.3, 0.4) is 0 Å². The van der Waals surface area contributed by atoms with E-state index in [4.69, 9.17) is 11.6 Å². The summed E-state index contributed by atoms with van der Waals surface area (Å²) < 4.78 is 3.09. The zero-order valence-corrected chi connectivity index (χ0v) is 17.5. The highest BCUT2D eigenvalue weighted by atomic mass is 35.5. The van der Waals surface area contributed by atoms with Gasteiger partial charge in [-0.2, -0.15) is 0 Å². The number of likely N-dealkylation sites (tertiary alicyclic amines) is 1. The van der Waals surface area contributed by atoms with Crippen LogP contribution in [0.25, 0.3) is 10.2 Å². The van der Waals surface area contributed by atoms with E-state index >= 15 is 0 Å². The minimum Gasteiger partial charge on any atom is -0.339 e. The Morgan fingerprint density at radius 3 is 2.48 bits per heavy atom. The Bertz CT molecular complexity index is 1110. The van der Waals surface area contributed by atoms with Crippen molar-refractivity contribution in [3.63, 3.8) is 0 Å². The van der Waals surface area contributed by atoms with Crippen LogP contribution >= 0.6 is 22.9 Å². The van der Waals surface area contributed by atoms with E-state index in [9.17, 15) is 9.59 Å². The van der Waals surface area contributed by atoms with E-state index in [1.165, 1.54) is 11.3 Å². The second kappa shape index (κ2) is 8.39. The largest absolute Gasteiger partial charge is 0.339 e. The molecule has 0 aliphatic carbocycles. The molecule has 4 rings (SSSR count). The maximum atomic E-state index is 12.6. The van der Waals surface area contributed by atoms with Gasteiger partial charge in [-0.1, -0.05) is 35.1 Å². The van der Waals surface area contributed by atoms with E-state index in [0.717, 1.165) is 15.0 Å². The average Bonchev–Trinajstić information content (AvgIpc) is 3.08. The molecule has 0 saturated carbocycles. The van der Waals surface area contributed by atoms with Crippen molar-refractivity contribution in [1.29, 1.82) is 0 Å². The van der Waals surface area contributed by atoms with E-state index in [1.807, 2.05) is 35.9 Å². The van der Waals surface area contributed by atoms with E-state index in [2.05, 4.69) is 10.5 Å². The first-order valence-electron chi connectivity index (χ1n) is 9.46. The molecule has 29 heavy (non-hydrogen) atoms. The lowest BCUT2D eigenvalue weighted by atomic mass is 9.95. The lowest BCUT2D eigenvalue weighted by Gasteiger charge is -2.31. The zero-order valence-electron chi connectivity index (χ0n) is 16.0. The van der Waals surface area contributed by atoms with Gasteiger partial charge in [0.2, 0.25) is 10.7 Å². The SMILES string of the molecule is Cn1/c(=N/NC(=O)C2CCN(C(=O)c3ccc(Cl)cc3)CC2)sc2ccccc21. The van der Waals surface area contributed by atoms with Gasteiger partial charge in [0, 0.05) is 36.6 Å². The zero-order chi connectivity index (χ0) is 20.4. The van der Waals surface area contributed by atoms with Crippen molar-refractivity contribution in [2.24, 2.45) is 18.1 Å². The summed E-state index contributed by atoms with van der Waals surface area (Å²) in [5, 5.41) is 4.92. The van der Waals surface area contributed by atoms with Gasteiger partial charge >= 0.3 is 0 Å². The summed E-state index contributed by atoms with van der Waals surface area (Å²) in [5.74, 6) is -0.267. The fourth-order valence-corrected chi connectivity index (χ4v) is 4.61. The standard InChI is InChI=1S/C21H21ClN4O2S/c1-25-17-4-2-3-5-18(17)29-21(25)24-23-19(27)14-10-12-26(13-11-14)20(28)15-6-8-16(22)9-7-15/h2-9,14H,10-13H2,1H3,(H,23,27)/b24-21-. The molecular weight excluding hydrogens is 408 g/mol. The van der Waals surface area contributed by atoms with Gasteiger partial charge in [-0.25, -0.2) is 5.43 Å². The first-order chi connectivity index (χ1) is 14.0. The number of hydrogen-bond acceptors (Lipinski definition) is 4. The van der Waals surface area contributed by atoms with Crippen LogP contribution in [0.15, 0.2) is 53.6 Å². The number of aryl methyl sites for hydroxylation is 1. The number of nitrogens with zero attached hydrogens (tertiary/aromatic N) is 3. The van der Waals surface area contributed by atoms with Gasteiger partial charge in [-0.3, -0.25) is 9.59 Å². The van der Waals surface area contributed by atoms with Crippen LogP contribution < -0.4 is 10.2 Å². The summed E-state index contributed by atoms with van der Waals surface area (Å²) in [6.45, 7) is 1.10. The van der Waals surface area contributed by atoms with Gasteiger partial charge < -0.3 is 9.47 Å². The molecule has 1 aromatic heterocycles. The predicted molar refractivity (Wildman–Crippen MR) is 115 cm³/mol. The van der Waals surface area contributed by atoms with E-state index < -0.39 is 0 Å². The highest BCUT2D eigenvalue weighted by Crippen LogP contribution is 2.20. The first-order valence-corrected chi connectivity index (χ1v) is 10.7. The summed E-state index contributed by atoms with van der Waals surface area (Å²) in [4.78, 5) is 27.7. The number of hydrogen-bond donors (Lipinski definition) is 1. The Morgan fingerprint density at radius 1 is 1.10 bits per heavy atom. The summed E-state index contributed by atoms with van der Waals surface area (Å²) in [7, 11) is 1.94. The molecule has 0 unspecified atom stereocenters. The van der Waals surface area contributed by atoms with Crippen molar-refractivity contribution >= 4 is 45.0 Å².